The van der Waals surface area contributed by atoms with E-state index in [4.69, 9.17) is 11.6 Å². The number of rotatable bonds is 2. The van der Waals surface area contributed by atoms with Gasteiger partial charge < -0.3 is 9.72 Å². The molecule has 0 unspecified atom stereocenters. The number of aryl methyl sites for hydroxylation is 1. The summed E-state index contributed by atoms with van der Waals surface area (Å²) >= 11 is 6.04. The maximum absolute atomic E-state index is 12.1. The third-order valence-electron chi connectivity index (χ3n) is 3.03. The zero-order chi connectivity index (χ0) is 14.1. The Morgan fingerprint density at radius 3 is 2.90 bits per heavy atom. The van der Waals surface area contributed by atoms with Crippen molar-refractivity contribution >= 4 is 28.8 Å². The number of carbonyl (C=O) groups excluding carboxylic acids is 1. The molecule has 0 aliphatic heterocycles. The number of pyridine rings is 1. The van der Waals surface area contributed by atoms with Gasteiger partial charge in [0.1, 0.15) is 11.3 Å². The summed E-state index contributed by atoms with van der Waals surface area (Å²) < 4.78 is 1.80. The Kier molecular flexibility index (Phi) is 3.16. The van der Waals surface area contributed by atoms with Gasteiger partial charge in [-0.2, -0.15) is 0 Å². The SMILES string of the molecule is Cc1ccc(NC(=O)c2cn3ccccc3n2)cc1Cl. The average Bonchev–Trinajstić information content (AvgIpc) is 2.87. The van der Waals surface area contributed by atoms with Gasteiger partial charge in [-0.05, 0) is 36.8 Å². The van der Waals surface area contributed by atoms with E-state index in [1.165, 1.54) is 0 Å². The second-order valence-electron chi connectivity index (χ2n) is 4.51. The van der Waals surface area contributed by atoms with Gasteiger partial charge in [0.2, 0.25) is 0 Å². The van der Waals surface area contributed by atoms with Crippen LogP contribution in [0.4, 0.5) is 5.69 Å². The first kappa shape index (κ1) is 12.7. The first-order valence-electron chi connectivity index (χ1n) is 6.15. The molecule has 0 atom stereocenters. The summed E-state index contributed by atoms with van der Waals surface area (Å²) in [6, 6.07) is 11.0. The minimum atomic E-state index is -0.256. The normalized spacial score (nSPS) is 10.7. The molecule has 4 nitrogen and oxygen atoms in total. The van der Waals surface area contributed by atoms with Crippen LogP contribution in [0.3, 0.4) is 0 Å². The van der Waals surface area contributed by atoms with Crippen LogP contribution in [-0.2, 0) is 0 Å². The minimum absolute atomic E-state index is 0.256. The molecule has 1 aromatic carbocycles. The monoisotopic (exact) mass is 285 g/mol. The third-order valence-corrected chi connectivity index (χ3v) is 3.43. The number of hydrogen-bond donors (Lipinski definition) is 1. The molecule has 1 N–H and O–H groups in total. The van der Waals surface area contributed by atoms with Gasteiger partial charge in [-0.1, -0.05) is 23.7 Å². The maximum Gasteiger partial charge on any atom is 0.275 e. The number of nitrogens with one attached hydrogen (secondary N) is 1. The molecule has 2 heterocycles. The lowest BCUT2D eigenvalue weighted by atomic mass is 10.2. The average molecular weight is 286 g/mol. The van der Waals surface area contributed by atoms with E-state index in [-0.39, 0.29) is 5.91 Å². The summed E-state index contributed by atoms with van der Waals surface area (Å²) in [7, 11) is 0. The molecule has 5 heteroatoms. The summed E-state index contributed by atoms with van der Waals surface area (Å²) in [5, 5.41) is 3.41. The highest BCUT2D eigenvalue weighted by Gasteiger charge is 2.11. The van der Waals surface area contributed by atoms with Crippen molar-refractivity contribution in [2.75, 3.05) is 5.32 Å². The second-order valence-corrected chi connectivity index (χ2v) is 4.92. The number of fused-ring (bicyclic) bond motifs is 1. The smallest absolute Gasteiger partial charge is 0.275 e. The topological polar surface area (TPSA) is 46.4 Å². The van der Waals surface area contributed by atoms with E-state index in [2.05, 4.69) is 10.3 Å². The highest BCUT2D eigenvalue weighted by molar-refractivity contribution is 6.31. The van der Waals surface area contributed by atoms with Crippen LogP contribution >= 0.6 is 11.6 Å². The number of hydrogen-bond acceptors (Lipinski definition) is 2. The number of carbonyl (C=O) groups is 1. The molecule has 0 saturated carbocycles. The fourth-order valence-electron chi connectivity index (χ4n) is 1.91. The van der Waals surface area contributed by atoms with E-state index < -0.39 is 0 Å². The fraction of sp³-hybridized carbons (Fsp3) is 0.0667. The van der Waals surface area contributed by atoms with Crippen LogP contribution in [0.1, 0.15) is 16.1 Å². The van der Waals surface area contributed by atoms with E-state index in [0.717, 1.165) is 11.2 Å². The number of imidazole rings is 1. The van der Waals surface area contributed by atoms with Gasteiger partial charge >= 0.3 is 0 Å². The number of benzene rings is 1. The number of halogens is 1. The van der Waals surface area contributed by atoms with Crippen LogP contribution in [0.5, 0.6) is 0 Å². The summed E-state index contributed by atoms with van der Waals surface area (Å²) in [6.45, 7) is 1.91. The van der Waals surface area contributed by atoms with Gasteiger partial charge in [0.15, 0.2) is 0 Å². The van der Waals surface area contributed by atoms with Crippen molar-refractivity contribution in [1.29, 1.82) is 0 Å². The van der Waals surface area contributed by atoms with Gasteiger partial charge in [0.05, 0.1) is 0 Å². The molecule has 2 aromatic heterocycles. The largest absolute Gasteiger partial charge is 0.321 e. The van der Waals surface area contributed by atoms with Crippen molar-refractivity contribution in [3.63, 3.8) is 0 Å². The van der Waals surface area contributed by atoms with E-state index in [1.54, 1.807) is 16.7 Å². The molecule has 20 heavy (non-hydrogen) atoms. The molecule has 0 spiro atoms. The Morgan fingerprint density at radius 2 is 2.15 bits per heavy atom. The Morgan fingerprint density at radius 1 is 1.30 bits per heavy atom. The van der Waals surface area contributed by atoms with Gasteiger partial charge in [-0.3, -0.25) is 4.79 Å². The second kappa shape index (κ2) is 4.98. The van der Waals surface area contributed by atoms with Gasteiger partial charge in [0, 0.05) is 23.1 Å². The van der Waals surface area contributed by atoms with Crippen molar-refractivity contribution in [3.8, 4) is 0 Å². The molecule has 1 amide bonds. The summed E-state index contributed by atoms with van der Waals surface area (Å²) in [6.07, 6.45) is 3.54. The van der Waals surface area contributed by atoms with Crippen LogP contribution < -0.4 is 5.32 Å². The number of aromatic nitrogens is 2. The molecule has 0 saturated heterocycles. The summed E-state index contributed by atoms with van der Waals surface area (Å²) in [4.78, 5) is 16.4. The molecule has 0 radical (unpaired) electrons. The van der Waals surface area contributed by atoms with Gasteiger partial charge in [0.25, 0.3) is 5.91 Å². The van der Waals surface area contributed by atoms with Gasteiger partial charge in [-0.25, -0.2) is 4.98 Å². The van der Waals surface area contributed by atoms with Crippen molar-refractivity contribution in [3.05, 3.63) is 65.1 Å². The first-order valence-corrected chi connectivity index (χ1v) is 6.52. The van der Waals surface area contributed by atoms with E-state index in [1.807, 2.05) is 43.5 Å². The molecular weight excluding hydrogens is 274 g/mol. The lowest BCUT2D eigenvalue weighted by molar-refractivity contribution is 0.102. The molecule has 0 bridgehead atoms. The number of nitrogens with zero attached hydrogens (tertiary/aromatic N) is 2. The highest BCUT2D eigenvalue weighted by atomic mass is 35.5. The van der Waals surface area contributed by atoms with Crippen LogP contribution in [-0.4, -0.2) is 15.3 Å². The molecule has 3 aromatic rings. The first-order chi connectivity index (χ1) is 9.63. The molecule has 0 fully saturated rings. The van der Waals surface area contributed by atoms with Crippen LogP contribution in [0.15, 0.2) is 48.8 Å². The van der Waals surface area contributed by atoms with Crippen molar-refractivity contribution in [2.45, 2.75) is 6.92 Å². The maximum atomic E-state index is 12.1. The Bertz CT molecular complexity index is 762. The van der Waals surface area contributed by atoms with Crippen LogP contribution in [0, 0.1) is 6.92 Å². The molecule has 0 aliphatic carbocycles. The molecular formula is C15H12ClN3O. The van der Waals surface area contributed by atoms with E-state index >= 15 is 0 Å². The Balaban J connectivity index is 1.86. The predicted octanol–water partition coefficient (Wildman–Crippen LogP) is 3.55. The predicted molar refractivity (Wildman–Crippen MR) is 79.3 cm³/mol. The number of amides is 1. The number of anilines is 1. The lowest BCUT2D eigenvalue weighted by Crippen LogP contribution is -2.12. The lowest BCUT2D eigenvalue weighted by Gasteiger charge is -2.05. The quantitative estimate of drug-likeness (QED) is 0.783. The Labute approximate surface area is 121 Å². The third kappa shape index (κ3) is 2.38. The van der Waals surface area contributed by atoms with Crippen molar-refractivity contribution < 1.29 is 4.79 Å². The Hall–Kier alpha value is -2.33. The highest BCUT2D eigenvalue weighted by Crippen LogP contribution is 2.20. The van der Waals surface area contributed by atoms with Gasteiger partial charge in [-0.15, -0.1) is 0 Å². The van der Waals surface area contributed by atoms with Crippen molar-refractivity contribution in [1.82, 2.24) is 9.38 Å². The molecule has 0 aliphatic rings. The fourth-order valence-corrected chi connectivity index (χ4v) is 2.09. The minimum Gasteiger partial charge on any atom is -0.321 e. The van der Waals surface area contributed by atoms with Crippen LogP contribution in [0.2, 0.25) is 5.02 Å². The zero-order valence-corrected chi connectivity index (χ0v) is 11.6. The van der Waals surface area contributed by atoms with Crippen molar-refractivity contribution in [2.24, 2.45) is 0 Å². The van der Waals surface area contributed by atoms with E-state index in [9.17, 15) is 4.79 Å². The summed E-state index contributed by atoms with van der Waals surface area (Å²) in [5.74, 6) is -0.256. The summed E-state index contributed by atoms with van der Waals surface area (Å²) in [5.41, 5.74) is 2.73. The standard InChI is InChI=1S/C15H12ClN3O/c1-10-5-6-11(8-12(10)16)17-15(20)13-9-19-7-3-2-4-14(19)18-13/h2-9H,1H3,(H,17,20). The van der Waals surface area contributed by atoms with Crippen LogP contribution in [0.25, 0.3) is 5.65 Å². The molecule has 3 rings (SSSR count). The zero-order valence-electron chi connectivity index (χ0n) is 10.8. The molecule has 100 valence electrons. The van der Waals surface area contributed by atoms with E-state index in [0.29, 0.717) is 16.4 Å².